The first kappa shape index (κ1) is 20.1. The summed E-state index contributed by atoms with van der Waals surface area (Å²) in [5.41, 5.74) is 2.31. The quantitative estimate of drug-likeness (QED) is 0.397. The van der Waals surface area contributed by atoms with E-state index in [1.54, 1.807) is 23.7 Å². The van der Waals surface area contributed by atoms with Crippen LogP contribution in [0.4, 0.5) is 20.2 Å². The topological polar surface area (TPSA) is 41.1 Å². The lowest BCUT2D eigenvalue weighted by molar-refractivity contribution is 0.200. The normalized spacial score (nSPS) is 17.3. The predicted molar refractivity (Wildman–Crippen MR) is 118 cm³/mol. The average Bonchev–Trinajstić information content (AvgIpc) is 3.38. The van der Waals surface area contributed by atoms with Gasteiger partial charge in [-0.05, 0) is 56.9 Å². The maximum absolute atomic E-state index is 14.4. The van der Waals surface area contributed by atoms with E-state index in [0.29, 0.717) is 15.7 Å². The van der Waals surface area contributed by atoms with Crippen molar-refractivity contribution in [2.24, 2.45) is 0 Å². The summed E-state index contributed by atoms with van der Waals surface area (Å²) in [6.07, 6.45) is 5.38. The van der Waals surface area contributed by atoms with Crippen molar-refractivity contribution in [2.75, 3.05) is 18.9 Å². The Balaban J connectivity index is 0.000000216. The molecule has 1 N–H and O–H groups in total. The summed E-state index contributed by atoms with van der Waals surface area (Å²) in [5, 5.41) is 5.29. The van der Waals surface area contributed by atoms with Crippen LogP contribution in [0.5, 0.6) is 0 Å². The fourth-order valence-electron chi connectivity index (χ4n) is 3.40. The van der Waals surface area contributed by atoms with Crippen molar-refractivity contribution >= 4 is 54.5 Å². The molecule has 4 nitrogen and oxygen atoms in total. The molecule has 3 aromatic heterocycles. The summed E-state index contributed by atoms with van der Waals surface area (Å²) in [4.78, 5) is 11.1. The number of pyridine rings is 1. The summed E-state index contributed by atoms with van der Waals surface area (Å²) in [6.45, 7) is 3.61. The van der Waals surface area contributed by atoms with Crippen LogP contribution < -0.4 is 5.32 Å². The lowest BCUT2D eigenvalue weighted by Crippen LogP contribution is -2.33. The van der Waals surface area contributed by atoms with Crippen LogP contribution in [0.1, 0.15) is 26.2 Å². The number of thiazole rings is 1. The lowest BCUT2D eigenvalue weighted by atomic mass is 10.1. The zero-order valence-corrected chi connectivity index (χ0v) is 17.9. The molecule has 8 heteroatoms. The van der Waals surface area contributed by atoms with Crippen LogP contribution in [0.25, 0.3) is 20.4 Å². The van der Waals surface area contributed by atoms with Gasteiger partial charge in [0.05, 0.1) is 27.8 Å². The van der Waals surface area contributed by atoms with Crippen molar-refractivity contribution in [3.8, 4) is 0 Å². The van der Waals surface area contributed by atoms with Crippen LogP contribution in [0.2, 0.25) is 0 Å². The van der Waals surface area contributed by atoms with Crippen LogP contribution in [-0.4, -0.2) is 34.5 Å². The molecule has 0 aliphatic carbocycles. The number of piperidine rings is 1. The van der Waals surface area contributed by atoms with Gasteiger partial charge in [-0.1, -0.05) is 6.42 Å². The van der Waals surface area contributed by atoms with Crippen molar-refractivity contribution in [1.82, 2.24) is 14.9 Å². The lowest BCUT2D eigenvalue weighted by Gasteiger charge is -2.29. The Hall–Kier alpha value is -2.16. The Morgan fingerprint density at radius 1 is 1.14 bits per heavy atom. The number of halogens is 2. The Kier molecular flexibility index (Phi) is 6.03. The van der Waals surface area contributed by atoms with E-state index in [2.05, 4.69) is 34.2 Å². The van der Waals surface area contributed by atoms with Gasteiger partial charge >= 0.3 is 0 Å². The zero-order valence-electron chi connectivity index (χ0n) is 16.3. The predicted octanol–water partition coefficient (Wildman–Crippen LogP) is 6.42. The Bertz CT molecular complexity index is 1110. The van der Waals surface area contributed by atoms with E-state index < -0.39 is 11.6 Å². The highest BCUT2D eigenvalue weighted by Gasteiger charge is 2.15. The van der Waals surface area contributed by atoms with Gasteiger partial charge in [-0.15, -0.1) is 22.7 Å². The van der Waals surface area contributed by atoms with E-state index in [9.17, 15) is 8.78 Å². The van der Waals surface area contributed by atoms with Crippen LogP contribution in [0, 0.1) is 11.6 Å². The molecule has 5 rings (SSSR count). The molecular weight excluding hydrogens is 410 g/mol. The molecule has 1 saturated heterocycles. The first-order valence-corrected chi connectivity index (χ1v) is 11.3. The third-order valence-corrected chi connectivity index (χ3v) is 6.90. The van der Waals surface area contributed by atoms with Crippen LogP contribution in [0.15, 0.2) is 35.3 Å². The van der Waals surface area contributed by atoms with Crippen molar-refractivity contribution in [2.45, 2.75) is 32.2 Å². The molecule has 1 aliphatic rings. The fourth-order valence-corrected chi connectivity index (χ4v) is 4.81. The molecule has 0 radical (unpaired) electrons. The van der Waals surface area contributed by atoms with Crippen LogP contribution in [0.3, 0.4) is 0 Å². The fraction of sp³-hybridized carbons (Fsp3) is 0.333. The molecule has 0 spiro atoms. The number of nitrogens with zero attached hydrogens (tertiary/aromatic N) is 3. The van der Waals surface area contributed by atoms with Crippen molar-refractivity contribution in [1.29, 1.82) is 0 Å². The molecule has 0 amide bonds. The van der Waals surface area contributed by atoms with E-state index in [-0.39, 0.29) is 11.4 Å². The smallest absolute Gasteiger partial charge is 0.173 e. The number of nitrogens with one attached hydrogen (secondary N) is 1. The Morgan fingerprint density at radius 3 is 2.76 bits per heavy atom. The number of fused-ring (bicyclic) bond motifs is 2. The van der Waals surface area contributed by atoms with E-state index >= 15 is 0 Å². The summed E-state index contributed by atoms with van der Waals surface area (Å²) < 4.78 is 29.2. The van der Waals surface area contributed by atoms with Crippen molar-refractivity contribution < 1.29 is 8.78 Å². The number of likely N-dealkylation sites (tertiary alicyclic amines) is 1. The van der Waals surface area contributed by atoms with Crippen LogP contribution in [-0.2, 0) is 0 Å². The van der Waals surface area contributed by atoms with Gasteiger partial charge in [0.15, 0.2) is 11.6 Å². The van der Waals surface area contributed by atoms with E-state index in [4.69, 9.17) is 0 Å². The highest BCUT2D eigenvalue weighted by Crippen LogP contribution is 2.33. The van der Waals surface area contributed by atoms with Gasteiger partial charge in [0.1, 0.15) is 10.3 Å². The number of anilines is 2. The molecule has 0 bridgehead atoms. The van der Waals surface area contributed by atoms with Gasteiger partial charge < -0.3 is 10.2 Å². The number of hydrogen-bond donors (Lipinski definition) is 1. The summed E-state index contributed by atoms with van der Waals surface area (Å²) >= 11 is 2.77. The maximum Gasteiger partial charge on any atom is 0.173 e. The first-order valence-electron chi connectivity index (χ1n) is 9.55. The molecule has 4 aromatic rings. The minimum atomic E-state index is -0.515. The molecule has 1 aliphatic heterocycles. The van der Waals surface area contributed by atoms with E-state index in [1.165, 1.54) is 48.5 Å². The molecule has 1 fully saturated rings. The molecule has 0 saturated carbocycles. The maximum atomic E-state index is 14.4. The molecular formula is C21H22F2N4S2. The number of hydrogen-bond acceptors (Lipinski definition) is 6. The molecule has 152 valence electrons. The first-order chi connectivity index (χ1) is 14.0. The van der Waals surface area contributed by atoms with Gasteiger partial charge in [0, 0.05) is 11.4 Å². The molecule has 1 atom stereocenters. The van der Waals surface area contributed by atoms with E-state index in [0.717, 1.165) is 16.9 Å². The largest absolute Gasteiger partial charge is 0.350 e. The summed E-state index contributed by atoms with van der Waals surface area (Å²) in [7, 11) is 2.21. The third-order valence-electron chi connectivity index (χ3n) is 5.28. The molecule has 29 heavy (non-hydrogen) atoms. The third kappa shape index (κ3) is 4.24. The van der Waals surface area contributed by atoms with Crippen molar-refractivity contribution in [3.05, 3.63) is 46.9 Å². The number of benzene rings is 1. The molecule has 1 unspecified atom stereocenters. The van der Waals surface area contributed by atoms with Gasteiger partial charge in [0.25, 0.3) is 0 Å². The second-order valence-electron chi connectivity index (χ2n) is 7.20. The highest BCUT2D eigenvalue weighted by atomic mass is 32.1. The minimum absolute atomic E-state index is 0.200. The standard InChI is InChI=1S/C14H7F2N3S2.C7H15N/c15-8-5-17-14-7(3-4-20-14)12(8)19-9-1-2-10-13(11(9)16)18-6-21-10;1-7-5-3-4-6-8(7)2/h1-6H,(H,17,19);7H,3-6H2,1-2H3. The van der Waals surface area contributed by atoms with Gasteiger partial charge in [0.2, 0.25) is 0 Å². The molecule has 4 heterocycles. The monoisotopic (exact) mass is 432 g/mol. The van der Waals surface area contributed by atoms with Gasteiger partial charge in [-0.2, -0.15) is 0 Å². The van der Waals surface area contributed by atoms with Gasteiger partial charge in [-0.3, -0.25) is 0 Å². The second kappa shape index (κ2) is 8.69. The molecule has 1 aromatic carbocycles. The average molecular weight is 433 g/mol. The summed E-state index contributed by atoms with van der Waals surface area (Å²) in [6, 6.07) is 5.96. The van der Waals surface area contributed by atoms with E-state index in [1.807, 2.05) is 5.38 Å². The van der Waals surface area contributed by atoms with Gasteiger partial charge in [-0.25, -0.2) is 18.7 Å². The highest BCUT2D eigenvalue weighted by molar-refractivity contribution is 7.17. The Labute approximate surface area is 176 Å². The number of thiophene rings is 1. The second-order valence-corrected chi connectivity index (χ2v) is 8.98. The number of rotatable bonds is 2. The summed E-state index contributed by atoms with van der Waals surface area (Å²) in [5.74, 6) is -0.994. The SMILES string of the molecule is CC1CCCCN1C.Fc1cnc2sccc2c1Nc1ccc2scnc2c1F. The number of aromatic nitrogens is 2. The Morgan fingerprint density at radius 2 is 2.00 bits per heavy atom. The van der Waals surface area contributed by atoms with Crippen molar-refractivity contribution in [3.63, 3.8) is 0 Å². The zero-order chi connectivity index (χ0) is 20.4. The minimum Gasteiger partial charge on any atom is -0.350 e. The van der Waals surface area contributed by atoms with Crippen LogP contribution >= 0.6 is 22.7 Å².